The summed E-state index contributed by atoms with van der Waals surface area (Å²) in [5.74, 6) is -0.226. The predicted octanol–water partition coefficient (Wildman–Crippen LogP) is -1.16. The molecule has 0 aromatic heterocycles. The molecular formula is C14H28BrNO3. The molecule has 1 rings (SSSR count). The van der Waals surface area contributed by atoms with Crippen molar-refractivity contribution < 1.29 is 35.7 Å². The van der Waals surface area contributed by atoms with Crippen LogP contribution in [0.1, 0.15) is 33.6 Å². The van der Waals surface area contributed by atoms with Crippen molar-refractivity contribution in [2.24, 2.45) is 5.41 Å². The minimum Gasteiger partial charge on any atom is -1.00 e. The van der Waals surface area contributed by atoms with Gasteiger partial charge in [0.2, 0.25) is 0 Å². The first-order valence-corrected chi connectivity index (χ1v) is 6.77. The zero-order chi connectivity index (χ0) is 13.8. The van der Waals surface area contributed by atoms with E-state index >= 15 is 0 Å². The molecule has 0 amide bonds. The van der Waals surface area contributed by atoms with Crippen LogP contribution in [-0.2, 0) is 14.3 Å². The molecule has 0 aromatic rings. The summed E-state index contributed by atoms with van der Waals surface area (Å²) < 4.78 is 11.8. The standard InChI is InChI=1S/C14H28NO3.BrH/c1-14(2,3)11-17-10-13(16)18-12-6-8-15(4,5)9-7-12;/h12H,6-11H2,1-5H3;1H/q+1;/p-1. The highest BCUT2D eigenvalue weighted by Crippen LogP contribution is 2.17. The number of quaternary nitrogens is 1. The molecule has 0 spiro atoms. The number of rotatable bonds is 4. The van der Waals surface area contributed by atoms with Gasteiger partial charge in [0.15, 0.2) is 0 Å². The van der Waals surface area contributed by atoms with E-state index in [-0.39, 0.29) is 41.1 Å². The molecule has 19 heavy (non-hydrogen) atoms. The molecule has 0 unspecified atom stereocenters. The third kappa shape index (κ3) is 8.60. The van der Waals surface area contributed by atoms with Crippen LogP contribution in [0.5, 0.6) is 0 Å². The molecule has 1 aliphatic heterocycles. The summed E-state index contributed by atoms with van der Waals surface area (Å²) in [5.41, 5.74) is 0.0899. The number of halogens is 1. The fourth-order valence-electron chi connectivity index (χ4n) is 2.02. The Bertz CT molecular complexity index is 277. The Hall–Kier alpha value is -0.130. The Labute approximate surface area is 127 Å². The molecular weight excluding hydrogens is 310 g/mol. The van der Waals surface area contributed by atoms with E-state index in [9.17, 15) is 4.79 Å². The summed E-state index contributed by atoms with van der Waals surface area (Å²) in [6.07, 6.45) is 2.00. The van der Waals surface area contributed by atoms with E-state index in [2.05, 4.69) is 34.9 Å². The summed E-state index contributed by atoms with van der Waals surface area (Å²) in [6.45, 7) is 9.04. The summed E-state index contributed by atoms with van der Waals surface area (Å²) >= 11 is 0. The quantitative estimate of drug-likeness (QED) is 0.479. The molecule has 0 atom stereocenters. The third-order valence-corrected chi connectivity index (χ3v) is 3.17. The summed E-state index contributed by atoms with van der Waals surface area (Å²) in [7, 11) is 4.43. The van der Waals surface area contributed by atoms with Gasteiger partial charge in [-0.3, -0.25) is 0 Å². The predicted molar refractivity (Wildman–Crippen MR) is 71.2 cm³/mol. The molecule has 1 fully saturated rings. The molecule has 0 N–H and O–H groups in total. The van der Waals surface area contributed by atoms with E-state index in [1.807, 2.05) is 0 Å². The number of ether oxygens (including phenoxy) is 2. The maximum atomic E-state index is 11.6. The Morgan fingerprint density at radius 3 is 2.21 bits per heavy atom. The molecule has 4 nitrogen and oxygen atoms in total. The molecule has 0 radical (unpaired) electrons. The molecule has 5 heteroatoms. The molecule has 114 valence electrons. The Morgan fingerprint density at radius 2 is 1.74 bits per heavy atom. The number of nitrogens with zero attached hydrogens (tertiary/aromatic N) is 1. The first-order valence-electron chi connectivity index (χ1n) is 6.77. The number of likely N-dealkylation sites (tertiary alicyclic amines) is 1. The monoisotopic (exact) mass is 337 g/mol. The van der Waals surface area contributed by atoms with Gasteiger partial charge in [-0.1, -0.05) is 20.8 Å². The van der Waals surface area contributed by atoms with Gasteiger partial charge < -0.3 is 30.9 Å². The van der Waals surface area contributed by atoms with Crippen LogP contribution in [-0.4, -0.2) is 57.0 Å². The molecule has 1 saturated heterocycles. The zero-order valence-electron chi connectivity index (χ0n) is 12.9. The molecule has 0 bridgehead atoms. The second kappa shape index (κ2) is 7.60. The summed E-state index contributed by atoms with van der Waals surface area (Å²) in [6, 6.07) is 0. The Morgan fingerprint density at radius 1 is 1.21 bits per heavy atom. The van der Waals surface area contributed by atoms with Crippen molar-refractivity contribution >= 4 is 5.97 Å². The van der Waals surface area contributed by atoms with E-state index in [1.165, 1.54) is 0 Å². The van der Waals surface area contributed by atoms with Crippen LogP contribution in [0.3, 0.4) is 0 Å². The number of esters is 1. The third-order valence-electron chi connectivity index (χ3n) is 3.17. The molecule has 0 aliphatic carbocycles. The Balaban J connectivity index is 0.00000324. The van der Waals surface area contributed by atoms with E-state index < -0.39 is 0 Å². The molecule has 1 aliphatic rings. The highest BCUT2D eigenvalue weighted by atomic mass is 79.9. The van der Waals surface area contributed by atoms with Crippen LogP contribution in [0.4, 0.5) is 0 Å². The number of carbonyl (C=O) groups excluding carboxylic acids is 1. The van der Waals surface area contributed by atoms with Crippen LogP contribution in [0.2, 0.25) is 0 Å². The van der Waals surface area contributed by atoms with Crippen molar-refractivity contribution in [3.8, 4) is 0 Å². The minimum atomic E-state index is -0.226. The van der Waals surface area contributed by atoms with E-state index in [0.717, 1.165) is 30.4 Å². The zero-order valence-corrected chi connectivity index (χ0v) is 14.5. The van der Waals surface area contributed by atoms with E-state index in [1.54, 1.807) is 0 Å². The van der Waals surface area contributed by atoms with Gasteiger partial charge in [0, 0.05) is 12.8 Å². The van der Waals surface area contributed by atoms with Gasteiger partial charge >= 0.3 is 5.97 Å². The number of hydrogen-bond acceptors (Lipinski definition) is 3. The topological polar surface area (TPSA) is 35.5 Å². The molecule has 0 saturated carbocycles. The Kier molecular flexibility index (Phi) is 7.55. The maximum Gasteiger partial charge on any atom is 0.332 e. The lowest BCUT2D eigenvalue weighted by atomic mass is 9.99. The van der Waals surface area contributed by atoms with Crippen molar-refractivity contribution in [3.05, 3.63) is 0 Å². The molecule has 0 aromatic carbocycles. The number of hydrogen-bond donors (Lipinski definition) is 0. The van der Waals surface area contributed by atoms with Crippen molar-refractivity contribution in [1.29, 1.82) is 0 Å². The normalized spacial score (nSPS) is 19.6. The second-order valence-corrected chi connectivity index (χ2v) is 7.13. The van der Waals surface area contributed by atoms with Crippen LogP contribution in [0.15, 0.2) is 0 Å². The largest absolute Gasteiger partial charge is 1.00 e. The van der Waals surface area contributed by atoms with E-state index in [0.29, 0.717) is 6.61 Å². The van der Waals surface area contributed by atoms with Crippen LogP contribution in [0, 0.1) is 5.41 Å². The highest BCUT2D eigenvalue weighted by Gasteiger charge is 2.28. The second-order valence-electron chi connectivity index (χ2n) is 7.13. The van der Waals surface area contributed by atoms with Crippen molar-refractivity contribution in [2.75, 3.05) is 40.4 Å². The number of piperidine rings is 1. The van der Waals surface area contributed by atoms with Crippen LogP contribution < -0.4 is 17.0 Å². The van der Waals surface area contributed by atoms with Gasteiger partial charge in [0.1, 0.15) is 12.7 Å². The summed E-state index contributed by atoms with van der Waals surface area (Å²) in [4.78, 5) is 11.6. The van der Waals surface area contributed by atoms with Crippen molar-refractivity contribution in [2.45, 2.75) is 39.7 Å². The minimum absolute atomic E-state index is 0. The van der Waals surface area contributed by atoms with Gasteiger partial charge in [0.05, 0.1) is 33.8 Å². The van der Waals surface area contributed by atoms with Gasteiger partial charge in [-0.2, -0.15) is 0 Å². The highest BCUT2D eigenvalue weighted by molar-refractivity contribution is 5.70. The smallest absolute Gasteiger partial charge is 0.332 e. The lowest BCUT2D eigenvalue weighted by Gasteiger charge is -2.36. The van der Waals surface area contributed by atoms with Crippen molar-refractivity contribution in [1.82, 2.24) is 0 Å². The maximum absolute atomic E-state index is 11.6. The van der Waals surface area contributed by atoms with Gasteiger partial charge in [-0.25, -0.2) is 4.79 Å². The molecule has 1 heterocycles. The fourth-order valence-corrected chi connectivity index (χ4v) is 2.02. The average molecular weight is 338 g/mol. The van der Waals surface area contributed by atoms with Gasteiger partial charge in [-0.05, 0) is 5.41 Å². The number of carbonyl (C=O) groups is 1. The van der Waals surface area contributed by atoms with Gasteiger partial charge in [-0.15, -0.1) is 0 Å². The SMILES string of the molecule is CC(C)(C)COCC(=O)OC1CC[N+](C)(C)CC1.[Br-]. The van der Waals surface area contributed by atoms with Crippen LogP contribution >= 0.6 is 0 Å². The summed E-state index contributed by atoms with van der Waals surface area (Å²) in [5, 5.41) is 0. The fraction of sp³-hybridized carbons (Fsp3) is 0.929. The lowest BCUT2D eigenvalue weighted by Crippen LogP contribution is -3.00. The first kappa shape index (κ1) is 18.9. The lowest BCUT2D eigenvalue weighted by molar-refractivity contribution is -0.896. The van der Waals surface area contributed by atoms with E-state index in [4.69, 9.17) is 9.47 Å². The van der Waals surface area contributed by atoms with Gasteiger partial charge in [0.25, 0.3) is 0 Å². The van der Waals surface area contributed by atoms with Crippen molar-refractivity contribution in [3.63, 3.8) is 0 Å². The first-order chi connectivity index (χ1) is 8.18. The average Bonchev–Trinajstić information content (AvgIpc) is 2.19. The van der Waals surface area contributed by atoms with Crippen LogP contribution in [0.25, 0.3) is 0 Å².